The quantitative estimate of drug-likeness (QED) is 0.648. The lowest BCUT2D eigenvalue weighted by molar-refractivity contribution is 0.422. The van der Waals surface area contributed by atoms with Gasteiger partial charge in [-0.2, -0.15) is 0 Å². The second kappa shape index (κ2) is 7.96. The molecule has 0 atom stereocenters. The van der Waals surface area contributed by atoms with Crippen LogP contribution >= 0.6 is 12.2 Å². The SMILES string of the molecule is CCCC(C)(C)NC(=S)Nc1c(C(C)C)cccc1C(C)C. The summed E-state index contributed by atoms with van der Waals surface area (Å²) in [5, 5.41) is 7.65. The fraction of sp³-hybridized carbons (Fsp3) is 0.632. The number of rotatable bonds is 6. The van der Waals surface area contributed by atoms with Crippen LogP contribution in [0.2, 0.25) is 0 Å². The highest BCUT2D eigenvalue weighted by atomic mass is 32.1. The predicted molar refractivity (Wildman–Crippen MR) is 103 cm³/mol. The van der Waals surface area contributed by atoms with Crippen molar-refractivity contribution in [2.45, 2.75) is 78.7 Å². The van der Waals surface area contributed by atoms with E-state index in [4.69, 9.17) is 12.2 Å². The van der Waals surface area contributed by atoms with Crippen molar-refractivity contribution in [1.29, 1.82) is 0 Å². The van der Waals surface area contributed by atoms with Crippen LogP contribution in [-0.4, -0.2) is 10.7 Å². The molecule has 0 saturated heterocycles. The molecule has 0 spiro atoms. The molecule has 0 aliphatic heterocycles. The Labute approximate surface area is 142 Å². The number of hydrogen-bond acceptors (Lipinski definition) is 1. The highest BCUT2D eigenvalue weighted by Gasteiger charge is 2.19. The normalized spacial score (nSPS) is 11.9. The standard InChI is InChI=1S/C19H32N2S/c1-8-12-19(6,7)21-18(22)20-17-15(13(2)3)10-9-11-16(17)14(4)5/h9-11,13-14H,8,12H2,1-7H3,(H2,20,21,22). The molecule has 0 aliphatic rings. The zero-order valence-electron chi connectivity index (χ0n) is 15.2. The first-order chi connectivity index (χ1) is 10.2. The van der Waals surface area contributed by atoms with Crippen molar-refractivity contribution >= 4 is 23.0 Å². The molecule has 22 heavy (non-hydrogen) atoms. The third-order valence-corrected chi connectivity index (χ3v) is 4.14. The van der Waals surface area contributed by atoms with Crippen molar-refractivity contribution in [3.63, 3.8) is 0 Å². The summed E-state index contributed by atoms with van der Waals surface area (Å²) < 4.78 is 0. The second-order valence-electron chi connectivity index (χ2n) is 7.33. The highest BCUT2D eigenvalue weighted by Crippen LogP contribution is 2.32. The van der Waals surface area contributed by atoms with E-state index in [1.165, 1.54) is 16.8 Å². The Bertz CT molecular complexity index is 478. The summed E-state index contributed by atoms with van der Waals surface area (Å²) in [4.78, 5) is 0. The van der Waals surface area contributed by atoms with Gasteiger partial charge in [-0.15, -0.1) is 0 Å². The summed E-state index contributed by atoms with van der Waals surface area (Å²) in [6.07, 6.45) is 2.24. The average molecular weight is 321 g/mol. The van der Waals surface area contributed by atoms with Gasteiger partial charge in [0.1, 0.15) is 0 Å². The van der Waals surface area contributed by atoms with Crippen molar-refractivity contribution in [1.82, 2.24) is 5.32 Å². The van der Waals surface area contributed by atoms with E-state index < -0.39 is 0 Å². The third-order valence-electron chi connectivity index (χ3n) is 3.94. The Hall–Kier alpha value is -1.09. The monoisotopic (exact) mass is 320 g/mol. The van der Waals surface area contributed by atoms with Crippen LogP contribution in [0.25, 0.3) is 0 Å². The highest BCUT2D eigenvalue weighted by molar-refractivity contribution is 7.80. The maximum atomic E-state index is 5.57. The predicted octanol–water partition coefficient (Wildman–Crippen LogP) is 5.80. The number of anilines is 1. The average Bonchev–Trinajstić information content (AvgIpc) is 2.37. The minimum absolute atomic E-state index is 0.0175. The number of nitrogens with one attached hydrogen (secondary N) is 2. The first-order valence-electron chi connectivity index (χ1n) is 8.40. The van der Waals surface area contributed by atoms with Gasteiger partial charge in [0, 0.05) is 11.2 Å². The first kappa shape index (κ1) is 19.0. The fourth-order valence-electron chi connectivity index (χ4n) is 2.83. The molecule has 0 unspecified atom stereocenters. The van der Waals surface area contributed by atoms with Crippen LogP contribution in [0.1, 0.15) is 84.3 Å². The molecule has 0 fully saturated rings. The van der Waals surface area contributed by atoms with Gasteiger partial charge in [0.05, 0.1) is 0 Å². The lowest BCUT2D eigenvalue weighted by Crippen LogP contribution is -2.45. The zero-order chi connectivity index (χ0) is 16.9. The van der Waals surface area contributed by atoms with Crippen LogP contribution in [0, 0.1) is 0 Å². The van der Waals surface area contributed by atoms with Crippen molar-refractivity contribution in [3.05, 3.63) is 29.3 Å². The first-order valence-corrected chi connectivity index (χ1v) is 8.80. The molecule has 0 saturated carbocycles. The van der Waals surface area contributed by atoms with E-state index in [-0.39, 0.29) is 5.54 Å². The Morgan fingerprint density at radius 1 is 1.09 bits per heavy atom. The molecule has 0 bridgehead atoms. The largest absolute Gasteiger partial charge is 0.358 e. The van der Waals surface area contributed by atoms with Crippen molar-refractivity contribution in [3.8, 4) is 0 Å². The number of para-hydroxylation sites is 1. The van der Waals surface area contributed by atoms with Crippen LogP contribution in [0.4, 0.5) is 5.69 Å². The smallest absolute Gasteiger partial charge is 0.171 e. The van der Waals surface area contributed by atoms with Crippen LogP contribution < -0.4 is 10.6 Å². The molecule has 1 aromatic carbocycles. The molecule has 0 aliphatic carbocycles. The topological polar surface area (TPSA) is 24.1 Å². The van der Waals surface area contributed by atoms with Crippen LogP contribution in [0.3, 0.4) is 0 Å². The lowest BCUT2D eigenvalue weighted by Gasteiger charge is -2.29. The Balaban J connectivity index is 3.03. The maximum Gasteiger partial charge on any atom is 0.171 e. The summed E-state index contributed by atoms with van der Waals surface area (Å²) in [6.45, 7) is 15.5. The summed E-state index contributed by atoms with van der Waals surface area (Å²) in [6, 6.07) is 6.53. The molecule has 3 heteroatoms. The molecule has 124 valence electrons. The Kier molecular flexibility index (Phi) is 6.86. The number of thiocarbonyl (C=S) groups is 1. The molecular formula is C19H32N2S. The number of hydrogen-bond donors (Lipinski definition) is 2. The van der Waals surface area contributed by atoms with Gasteiger partial charge in [-0.05, 0) is 55.4 Å². The molecule has 1 rings (SSSR count). The summed E-state index contributed by atoms with van der Waals surface area (Å²) in [5.74, 6) is 0.931. The van der Waals surface area contributed by atoms with E-state index in [1.807, 2.05) is 0 Å². The molecule has 0 amide bonds. The van der Waals surface area contributed by atoms with Gasteiger partial charge in [0.25, 0.3) is 0 Å². The van der Waals surface area contributed by atoms with Gasteiger partial charge >= 0.3 is 0 Å². The second-order valence-corrected chi connectivity index (χ2v) is 7.74. The van der Waals surface area contributed by atoms with E-state index in [9.17, 15) is 0 Å². The van der Waals surface area contributed by atoms with E-state index >= 15 is 0 Å². The van der Waals surface area contributed by atoms with Crippen LogP contribution in [0.5, 0.6) is 0 Å². The Morgan fingerprint density at radius 3 is 2.00 bits per heavy atom. The maximum absolute atomic E-state index is 5.57. The van der Waals surface area contributed by atoms with E-state index in [0.717, 1.165) is 12.8 Å². The van der Waals surface area contributed by atoms with Gasteiger partial charge in [-0.1, -0.05) is 59.2 Å². The van der Waals surface area contributed by atoms with Gasteiger partial charge in [0.2, 0.25) is 0 Å². The number of benzene rings is 1. The van der Waals surface area contributed by atoms with Gasteiger partial charge < -0.3 is 10.6 Å². The minimum Gasteiger partial charge on any atom is -0.358 e. The fourth-order valence-corrected chi connectivity index (χ4v) is 3.21. The van der Waals surface area contributed by atoms with Crippen molar-refractivity contribution < 1.29 is 0 Å². The van der Waals surface area contributed by atoms with Gasteiger partial charge in [-0.25, -0.2) is 0 Å². The molecule has 0 heterocycles. The minimum atomic E-state index is 0.0175. The lowest BCUT2D eigenvalue weighted by atomic mass is 9.92. The molecule has 0 aromatic heterocycles. The summed E-state index contributed by atoms with van der Waals surface area (Å²) >= 11 is 5.57. The summed E-state index contributed by atoms with van der Waals surface area (Å²) in [7, 11) is 0. The third kappa shape index (κ3) is 5.28. The van der Waals surface area contributed by atoms with Crippen molar-refractivity contribution in [2.24, 2.45) is 0 Å². The van der Waals surface area contributed by atoms with E-state index in [1.54, 1.807) is 0 Å². The van der Waals surface area contributed by atoms with Crippen LogP contribution in [-0.2, 0) is 0 Å². The van der Waals surface area contributed by atoms with E-state index in [0.29, 0.717) is 16.9 Å². The van der Waals surface area contributed by atoms with Gasteiger partial charge in [0.15, 0.2) is 5.11 Å². The van der Waals surface area contributed by atoms with Crippen LogP contribution in [0.15, 0.2) is 18.2 Å². The molecule has 2 nitrogen and oxygen atoms in total. The zero-order valence-corrected chi connectivity index (χ0v) is 16.0. The molecule has 0 radical (unpaired) electrons. The van der Waals surface area contributed by atoms with Crippen molar-refractivity contribution in [2.75, 3.05) is 5.32 Å². The van der Waals surface area contributed by atoms with E-state index in [2.05, 4.69) is 77.3 Å². The molecular weight excluding hydrogens is 288 g/mol. The Morgan fingerprint density at radius 2 is 1.59 bits per heavy atom. The van der Waals surface area contributed by atoms with Gasteiger partial charge in [-0.3, -0.25) is 0 Å². The summed E-state index contributed by atoms with van der Waals surface area (Å²) in [5.41, 5.74) is 3.84. The molecule has 1 aromatic rings. The molecule has 2 N–H and O–H groups in total.